The lowest BCUT2D eigenvalue weighted by atomic mass is 10.1. The number of nitrogen functional groups attached to an aromatic ring is 1. The molecule has 1 unspecified atom stereocenters. The minimum atomic E-state index is -0.513. The Morgan fingerprint density at radius 3 is 2.72 bits per heavy atom. The Kier molecular flexibility index (Phi) is 5.28. The molecule has 5 N–H and O–H groups in total. The Morgan fingerprint density at radius 2 is 2.22 bits per heavy atom. The van der Waals surface area contributed by atoms with Crippen molar-refractivity contribution in [2.75, 3.05) is 17.3 Å². The summed E-state index contributed by atoms with van der Waals surface area (Å²) in [7, 11) is 0. The maximum atomic E-state index is 10.7. The molecule has 1 aromatic rings. The number of hydrazine groups is 1. The minimum Gasteiger partial charge on any atom is -0.396 e. The second-order valence-electron chi connectivity index (χ2n) is 3.76. The largest absolute Gasteiger partial charge is 0.396 e. The van der Waals surface area contributed by atoms with Crippen molar-refractivity contribution in [3.63, 3.8) is 0 Å². The Hall–Kier alpha value is -1.93. The zero-order valence-corrected chi connectivity index (χ0v) is 10.1. The third kappa shape index (κ3) is 3.82. The van der Waals surface area contributed by atoms with Gasteiger partial charge in [0, 0.05) is 12.6 Å². The molecule has 0 fully saturated rings. The SMILES string of the molecule is CCC(CCO)Nc1cc([N+](=O)[O-])cc(NN)n1. The fraction of sp³-hybridized carbons (Fsp3) is 0.500. The van der Waals surface area contributed by atoms with Crippen molar-refractivity contribution in [3.05, 3.63) is 22.2 Å². The third-order valence-corrected chi connectivity index (χ3v) is 2.49. The summed E-state index contributed by atoms with van der Waals surface area (Å²) in [5.74, 6) is 5.78. The average molecular weight is 255 g/mol. The van der Waals surface area contributed by atoms with Crippen molar-refractivity contribution in [1.29, 1.82) is 0 Å². The first-order chi connectivity index (χ1) is 8.60. The predicted molar refractivity (Wildman–Crippen MR) is 68.1 cm³/mol. The summed E-state index contributed by atoms with van der Waals surface area (Å²) in [5.41, 5.74) is 2.18. The van der Waals surface area contributed by atoms with E-state index in [2.05, 4.69) is 15.7 Å². The van der Waals surface area contributed by atoms with E-state index in [4.69, 9.17) is 10.9 Å². The van der Waals surface area contributed by atoms with Crippen molar-refractivity contribution in [1.82, 2.24) is 4.98 Å². The highest BCUT2D eigenvalue weighted by atomic mass is 16.6. The normalized spacial score (nSPS) is 11.9. The van der Waals surface area contributed by atoms with Gasteiger partial charge in [-0.2, -0.15) is 0 Å². The second-order valence-corrected chi connectivity index (χ2v) is 3.76. The van der Waals surface area contributed by atoms with Gasteiger partial charge in [-0.05, 0) is 12.8 Å². The van der Waals surface area contributed by atoms with E-state index in [1.54, 1.807) is 0 Å². The van der Waals surface area contributed by atoms with Crippen molar-refractivity contribution >= 4 is 17.3 Å². The molecule has 0 saturated carbocycles. The van der Waals surface area contributed by atoms with Gasteiger partial charge >= 0.3 is 0 Å². The molecular formula is C10H17N5O3. The van der Waals surface area contributed by atoms with Crippen LogP contribution in [-0.2, 0) is 0 Å². The van der Waals surface area contributed by atoms with Crippen molar-refractivity contribution < 1.29 is 10.0 Å². The number of hydrogen-bond acceptors (Lipinski definition) is 7. The van der Waals surface area contributed by atoms with Crippen LogP contribution < -0.4 is 16.6 Å². The molecule has 0 bridgehead atoms. The molecule has 100 valence electrons. The smallest absolute Gasteiger partial charge is 0.276 e. The van der Waals surface area contributed by atoms with Gasteiger partial charge in [0.1, 0.15) is 11.6 Å². The molecule has 1 rings (SSSR count). The quantitative estimate of drug-likeness (QED) is 0.323. The fourth-order valence-corrected chi connectivity index (χ4v) is 1.51. The summed E-state index contributed by atoms with van der Waals surface area (Å²) in [6, 6.07) is 2.59. The minimum absolute atomic E-state index is 0.00938. The third-order valence-electron chi connectivity index (χ3n) is 2.49. The van der Waals surface area contributed by atoms with Crippen LogP contribution >= 0.6 is 0 Å². The Balaban J connectivity index is 2.93. The zero-order valence-electron chi connectivity index (χ0n) is 10.1. The number of aliphatic hydroxyl groups is 1. The van der Waals surface area contributed by atoms with E-state index in [1.165, 1.54) is 12.1 Å². The van der Waals surface area contributed by atoms with E-state index in [-0.39, 0.29) is 24.2 Å². The number of hydrogen-bond donors (Lipinski definition) is 4. The lowest BCUT2D eigenvalue weighted by molar-refractivity contribution is -0.384. The molecule has 0 aliphatic heterocycles. The fourth-order valence-electron chi connectivity index (χ4n) is 1.51. The molecule has 1 heterocycles. The molecule has 8 heteroatoms. The Labute approximate surface area is 104 Å². The van der Waals surface area contributed by atoms with Crippen LogP contribution in [0, 0.1) is 10.1 Å². The van der Waals surface area contributed by atoms with Gasteiger partial charge in [-0.25, -0.2) is 10.8 Å². The van der Waals surface area contributed by atoms with E-state index < -0.39 is 4.92 Å². The summed E-state index contributed by atoms with van der Waals surface area (Å²) < 4.78 is 0. The lowest BCUT2D eigenvalue weighted by Crippen LogP contribution is -2.21. The topological polar surface area (TPSA) is 126 Å². The monoisotopic (exact) mass is 255 g/mol. The van der Waals surface area contributed by atoms with Gasteiger partial charge in [-0.3, -0.25) is 10.1 Å². The standard InChI is InChI=1S/C10H17N5O3/c1-2-7(3-4-16)12-9-5-8(15(17)18)6-10(13-9)14-11/h5-7,16H,2-4,11H2,1H3,(H2,12,13,14). The van der Waals surface area contributed by atoms with E-state index in [0.717, 1.165) is 6.42 Å². The highest BCUT2D eigenvalue weighted by Crippen LogP contribution is 2.21. The lowest BCUT2D eigenvalue weighted by Gasteiger charge is -2.16. The molecule has 0 aliphatic rings. The molecule has 0 saturated heterocycles. The summed E-state index contributed by atoms with van der Waals surface area (Å²) in [5, 5.41) is 22.7. The molecule has 1 atom stereocenters. The van der Waals surface area contributed by atoms with E-state index in [0.29, 0.717) is 12.2 Å². The number of aromatic nitrogens is 1. The molecule has 0 radical (unpaired) electrons. The molecule has 1 aromatic heterocycles. The number of nitrogens with two attached hydrogens (primary N) is 1. The number of rotatable bonds is 7. The number of nitro groups is 1. The number of anilines is 2. The van der Waals surface area contributed by atoms with Gasteiger partial charge in [0.2, 0.25) is 0 Å². The summed E-state index contributed by atoms with van der Waals surface area (Å²) in [6.07, 6.45) is 1.32. The maximum Gasteiger partial charge on any atom is 0.276 e. The molecule has 0 aliphatic carbocycles. The van der Waals surface area contributed by atoms with E-state index in [1.807, 2.05) is 6.92 Å². The summed E-state index contributed by atoms with van der Waals surface area (Å²) in [6.45, 7) is 2.00. The Bertz CT molecular complexity index is 412. The van der Waals surface area contributed by atoms with Gasteiger partial charge in [0.05, 0.1) is 17.1 Å². The molecule has 0 amide bonds. The van der Waals surface area contributed by atoms with Crippen LogP contribution in [0.25, 0.3) is 0 Å². The number of nitrogens with zero attached hydrogens (tertiary/aromatic N) is 2. The highest BCUT2D eigenvalue weighted by molar-refractivity contribution is 5.54. The first-order valence-corrected chi connectivity index (χ1v) is 5.61. The van der Waals surface area contributed by atoms with Gasteiger partial charge in [-0.15, -0.1) is 0 Å². The molecule has 18 heavy (non-hydrogen) atoms. The van der Waals surface area contributed by atoms with Crippen molar-refractivity contribution in [2.45, 2.75) is 25.8 Å². The van der Waals surface area contributed by atoms with Crippen LogP contribution in [0.2, 0.25) is 0 Å². The van der Waals surface area contributed by atoms with Crippen LogP contribution in [0.15, 0.2) is 12.1 Å². The van der Waals surface area contributed by atoms with Crippen molar-refractivity contribution in [2.24, 2.45) is 5.84 Å². The van der Waals surface area contributed by atoms with Crippen LogP contribution in [-0.4, -0.2) is 27.7 Å². The highest BCUT2D eigenvalue weighted by Gasteiger charge is 2.13. The van der Waals surface area contributed by atoms with Crippen LogP contribution in [0.3, 0.4) is 0 Å². The zero-order chi connectivity index (χ0) is 13.5. The van der Waals surface area contributed by atoms with Gasteiger partial charge < -0.3 is 15.8 Å². The van der Waals surface area contributed by atoms with Crippen LogP contribution in [0.5, 0.6) is 0 Å². The van der Waals surface area contributed by atoms with Gasteiger partial charge in [0.25, 0.3) is 5.69 Å². The molecule has 0 aromatic carbocycles. The predicted octanol–water partition coefficient (Wildman–Crippen LogP) is 0.848. The van der Waals surface area contributed by atoms with Crippen LogP contribution in [0.1, 0.15) is 19.8 Å². The second kappa shape index (κ2) is 6.72. The van der Waals surface area contributed by atoms with Gasteiger partial charge in [0.15, 0.2) is 0 Å². The number of pyridine rings is 1. The van der Waals surface area contributed by atoms with Crippen LogP contribution in [0.4, 0.5) is 17.3 Å². The molecular weight excluding hydrogens is 238 g/mol. The van der Waals surface area contributed by atoms with Crippen molar-refractivity contribution in [3.8, 4) is 0 Å². The molecule has 8 nitrogen and oxygen atoms in total. The first-order valence-electron chi connectivity index (χ1n) is 5.61. The average Bonchev–Trinajstić information content (AvgIpc) is 2.37. The maximum absolute atomic E-state index is 10.7. The molecule has 0 spiro atoms. The summed E-state index contributed by atoms with van der Waals surface area (Å²) >= 11 is 0. The van der Waals surface area contributed by atoms with E-state index in [9.17, 15) is 10.1 Å². The number of aliphatic hydroxyl groups excluding tert-OH is 1. The number of nitrogens with one attached hydrogen (secondary N) is 2. The Morgan fingerprint density at radius 1 is 1.56 bits per heavy atom. The summed E-state index contributed by atoms with van der Waals surface area (Å²) in [4.78, 5) is 14.3. The van der Waals surface area contributed by atoms with E-state index >= 15 is 0 Å². The van der Waals surface area contributed by atoms with Gasteiger partial charge in [-0.1, -0.05) is 6.92 Å². The first kappa shape index (κ1) is 14.1.